The van der Waals surface area contributed by atoms with E-state index in [9.17, 15) is 0 Å². The highest BCUT2D eigenvalue weighted by atomic mass is 127. The number of aryl methyl sites for hydroxylation is 2. The molecule has 1 aromatic carbocycles. The zero-order valence-corrected chi connectivity index (χ0v) is 16.8. The van der Waals surface area contributed by atoms with Crippen LogP contribution in [-0.4, -0.2) is 36.8 Å². The minimum absolute atomic E-state index is 0. The Morgan fingerprint density at radius 3 is 2.71 bits per heavy atom. The number of ether oxygens (including phenoxy) is 1. The molecule has 0 bridgehead atoms. The van der Waals surface area contributed by atoms with Crippen molar-refractivity contribution in [2.45, 2.75) is 26.8 Å². The van der Waals surface area contributed by atoms with Crippen LogP contribution in [0.5, 0.6) is 5.75 Å². The largest absolute Gasteiger partial charge is 0.496 e. The summed E-state index contributed by atoms with van der Waals surface area (Å²) in [5.74, 6) is 2.75. The minimum atomic E-state index is 0. The van der Waals surface area contributed by atoms with Gasteiger partial charge in [-0.3, -0.25) is 4.99 Å². The molecule has 24 heavy (non-hydrogen) atoms. The Labute approximate surface area is 159 Å². The van der Waals surface area contributed by atoms with Gasteiger partial charge in [-0.25, -0.2) is 0 Å². The van der Waals surface area contributed by atoms with Crippen LogP contribution in [0.25, 0.3) is 0 Å². The highest BCUT2D eigenvalue weighted by Gasteiger charge is 2.06. The van der Waals surface area contributed by atoms with Crippen molar-refractivity contribution in [1.82, 2.24) is 20.8 Å². The van der Waals surface area contributed by atoms with Crippen LogP contribution in [0.3, 0.4) is 0 Å². The van der Waals surface area contributed by atoms with Crippen LogP contribution in [0.1, 0.15) is 22.8 Å². The molecule has 0 unspecified atom stereocenters. The third-order valence-corrected chi connectivity index (χ3v) is 3.33. The van der Waals surface area contributed by atoms with E-state index in [-0.39, 0.29) is 24.0 Å². The molecule has 0 atom stereocenters. The van der Waals surface area contributed by atoms with E-state index in [0.717, 1.165) is 18.7 Å². The number of methoxy groups -OCH3 is 1. The van der Waals surface area contributed by atoms with Crippen molar-refractivity contribution in [2.75, 3.05) is 20.7 Å². The van der Waals surface area contributed by atoms with Crippen LogP contribution >= 0.6 is 24.0 Å². The molecule has 132 valence electrons. The number of hydrogen-bond donors (Lipinski definition) is 2. The van der Waals surface area contributed by atoms with Gasteiger partial charge in [-0.05, 0) is 25.0 Å². The Balaban J connectivity index is 0.00000288. The van der Waals surface area contributed by atoms with Crippen molar-refractivity contribution >= 4 is 29.9 Å². The zero-order chi connectivity index (χ0) is 16.7. The van der Waals surface area contributed by atoms with Gasteiger partial charge >= 0.3 is 0 Å². The summed E-state index contributed by atoms with van der Waals surface area (Å²) in [4.78, 5) is 8.32. The average Bonchev–Trinajstić information content (AvgIpc) is 2.96. The molecule has 1 heterocycles. The average molecular weight is 445 g/mol. The maximum Gasteiger partial charge on any atom is 0.223 e. The first kappa shape index (κ1) is 20.2. The maximum atomic E-state index is 5.39. The smallest absolute Gasteiger partial charge is 0.223 e. The van der Waals surface area contributed by atoms with Gasteiger partial charge in [0.25, 0.3) is 0 Å². The fraction of sp³-hybridized carbons (Fsp3) is 0.438. The highest BCUT2D eigenvalue weighted by molar-refractivity contribution is 14.0. The van der Waals surface area contributed by atoms with Gasteiger partial charge in [0, 0.05) is 20.5 Å². The number of aliphatic imine (C=N–C) groups is 1. The summed E-state index contributed by atoms with van der Waals surface area (Å²) in [6.07, 6.45) is 0.840. The zero-order valence-electron chi connectivity index (χ0n) is 14.4. The van der Waals surface area contributed by atoms with Gasteiger partial charge in [0.05, 0.1) is 13.7 Å². The van der Waals surface area contributed by atoms with Gasteiger partial charge in [0.1, 0.15) is 5.75 Å². The predicted octanol–water partition coefficient (Wildman–Crippen LogP) is 2.22. The maximum absolute atomic E-state index is 5.39. The quantitative estimate of drug-likeness (QED) is 0.403. The number of hydrogen-bond acceptors (Lipinski definition) is 5. The summed E-state index contributed by atoms with van der Waals surface area (Å²) in [5.41, 5.74) is 2.39. The molecule has 0 aliphatic heterocycles. The van der Waals surface area contributed by atoms with E-state index >= 15 is 0 Å². The summed E-state index contributed by atoms with van der Waals surface area (Å²) in [6.45, 7) is 5.04. The second-order valence-corrected chi connectivity index (χ2v) is 5.15. The molecule has 8 heteroatoms. The van der Waals surface area contributed by atoms with E-state index in [1.807, 2.05) is 12.1 Å². The van der Waals surface area contributed by atoms with Crippen molar-refractivity contribution in [3.63, 3.8) is 0 Å². The molecule has 0 amide bonds. The van der Waals surface area contributed by atoms with Gasteiger partial charge in [0.15, 0.2) is 11.8 Å². The normalized spacial score (nSPS) is 10.9. The third kappa shape index (κ3) is 5.99. The van der Waals surface area contributed by atoms with E-state index in [1.54, 1.807) is 21.1 Å². The Bertz CT molecular complexity index is 672. The number of nitrogens with zero attached hydrogens (tertiary/aromatic N) is 3. The van der Waals surface area contributed by atoms with E-state index in [1.165, 1.54) is 11.1 Å². The number of rotatable bonds is 6. The second-order valence-electron chi connectivity index (χ2n) is 5.15. The second kappa shape index (κ2) is 10.1. The number of benzene rings is 1. The lowest BCUT2D eigenvalue weighted by Gasteiger charge is -2.12. The van der Waals surface area contributed by atoms with Crippen molar-refractivity contribution in [2.24, 2.45) is 4.99 Å². The van der Waals surface area contributed by atoms with Crippen molar-refractivity contribution in [3.05, 3.63) is 41.0 Å². The van der Waals surface area contributed by atoms with Gasteiger partial charge in [-0.2, -0.15) is 4.98 Å². The molecule has 0 saturated carbocycles. The van der Waals surface area contributed by atoms with E-state index in [4.69, 9.17) is 9.26 Å². The molecule has 2 aromatic rings. The van der Waals surface area contributed by atoms with E-state index in [2.05, 4.69) is 38.8 Å². The lowest BCUT2D eigenvalue weighted by atomic mass is 10.1. The number of aromatic nitrogens is 2. The molecule has 2 rings (SSSR count). The first-order valence-corrected chi connectivity index (χ1v) is 7.49. The highest BCUT2D eigenvalue weighted by Crippen LogP contribution is 2.19. The molecule has 0 spiro atoms. The summed E-state index contributed by atoms with van der Waals surface area (Å²) in [7, 11) is 3.42. The fourth-order valence-corrected chi connectivity index (χ4v) is 2.21. The standard InChI is InChI=1S/C16H23N5O2.HI/c1-11-5-6-14(22-4)13(9-11)7-8-18-16(17-3)19-10-15-20-12(2)23-21-15;/h5-6,9H,7-8,10H2,1-4H3,(H2,17,18,19);1H. The van der Waals surface area contributed by atoms with Crippen LogP contribution in [0, 0.1) is 13.8 Å². The van der Waals surface area contributed by atoms with Gasteiger partial charge in [-0.1, -0.05) is 22.9 Å². The summed E-state index contributed by atoms with van der Waals surface area (Å²) >= 11 is 0. The van der Waals surface area contributed by atoms with Gasteiger partial charge in [0.2, 0.25) is 5.89 Å². The van der Waals surface area contributed by atoms with Crippen LogP contribution in [0.2, 0.25) is 0 Å². The Hall–Kier alpha value is -1.84. The van der Waals surface area contributed by atoms with Crippen LogP contribution in [0.4, 0.5) is 0 Å². The van der Waals surface area contributed by atoms with Crippen molar-refractivity contribution < 1.29 is 9.26 Å². The molecule has 7 nitrogen and oxygen atoms in total. The minimum Gasteiger partial charge on any atom is -0.496 e. The van der Waals surface area contributed by atoms with Crippen molar-refractivity contribution in [3.8, 4) is 5.75 Å². The molecule has 0 radical (unpaired) electrons. The summed E-state index contributed by atoms with van der Waals surface area (Å²) < 4.78 is 10.3. The molecular formula is C16H24IN5O2. The first-order chi connectivity index (χ1) is 11.1. The lowest BCUT2D eigenvalue weighted by Crippen LogP contribution is -2.38. The van der Waals surface area contributed by atoms with Crippen molar-refractivity contribution in [1.29, 1.82) is 0 Å². The monoisotopic (exact) mass is 445 g/mol. The Kier molecular flexibility index (Phi) is 8.51. The topological polar surface area (TPSA) is 84.6 Å². The predicted molar refractivity (Wildman–Crippen MR) is 104 cm³/mol. The lowest BCUT2D eigenvalue weighted by molar-refractivity contribution is 0.387. The van der Waals surface area contributed by atoms with E-state index < -0.39 is 0 Å². The number of nitrogens with one attached hydrogen (secondary N) is 2. The Morgan fingerprint density at radius 1 is 1.29 bits per heavy atom. The molecule has 0 aliphatic rings. The summed E-state index contributed by atoms with van der Waals surface area (Å²) in [5, 5.41) is 10.2. The van der Waals surface area contributed by atoms with Crippen LogP contribution < -0.4 is 15.4 Å². The molecule has 0 aliphatic carbocycles. The van der Waals surface area contributed by atoms with E-state index in [0.29, 0.717) is 24.2 Å². The van der Waals surface area contributed by atoms with Gasteiger partial charge in [-0.15, -0.1) is 24.0 Å². The Morgan fingerprint density at radius 2 is 2.08 bits per heavy atom. The first-order valence-electron chi connectivity index (χ1n) is 7.49. The number of guanidine groups is 1. The molecule has 1 aromatic heterocycles. The molecule has 2 N–H and O–H groups in total. The molecule has 0 fully saturated rings. The SMILES string of the molecule is CN=C(NCCc1cc(C)ccc1OC)NCc1noc(C)n1.I. The fourth-order valence-electron chi connectivity index (χ4n) is 2.21. The van der Waals surface area contributed by atoms with Gasteiger partial charge < -0.3 is 19.9 Å². The summed E-state index contributed by atoms with van der Waals surface area (Å²) in [6, 6.07) is 6.18. The number of halogens is 1. The van der Waals surface area contributed by atoms with Crippen LogP contribution in [0.15, 0.2) is 27.7 Å². The molecular weight excluding hydrogens is 421 g/mol. The molecule has 0 saturated heterocycles. The van der Waals surface area contributed by atoms with Crippen LogP contribution in [-0.2, 0) is 13.0 Å². The third-order valence-electron chi connectivity index (χ3n) is 3.33.